The standard InChI is InChI=1S/C6H11IO/c1-5-2-3-6(4-7)8-5/h5-6H,2-4H2,1H3/t5-,6-/m1/s1. The first kappa shape index (κ1) is 6.81. The Bertz CT molecular complexity index is 74.9. The molecule has 2 heteroatoms. The van der Waals surface area contributed by atoms with Crippen LogP contribution in [0.25, 0.3) is 0 Å². The molecule has 0 amide bonds. The molecule has 1 heterocycles. The number of ether oxygens (including phenoxy) is 1. The fraction of sp³-hybridized carbons (Fsp3) is 1.00. The van der Waals surface area contributed by atoms with Gasteiger partial charge in [0.25, 0.3) is 0 Å². The minimum Gasteiger partial charge on any atom is -0.374 e. The van der Waals surface area contributed by atoms with Gasteiger partial charge in [-0.25, -0.2) is 0 Å². The Labute approximate surface area is 63.9 Å². The topological polar surface area (TPSA) is 9.23 Å². The van der Waals surface area contributed by atoms with E-state index in [1.54, 1.807) is 0 Å². The Kier molecular flexibility index (Phi) is 2.56. The predicted octanol–water partition coefficient (Wildman–Crippen LogP) is 1.99. The van der Waals surface area contributed by atoms with E-state index in [0.29, 0.717) is 12.2 Å². The van der Waals surface area contributed by atoms with Gasteiger partial charge >= 0.3 is 0 Å². The maximum absolute atomic E-state index is 5.50. The lowest BCUT2D eigenvalue weighted by atomic mass is 10.2. The van der Waals surface area contributed by atoms with Crippen molar-refractivity contribution in [1.29, 1.82) is 0 Å². The van der Waals surface area contributed by atoms with Crippen molar-refractivity contribution in [3.05, 3.63) is 0 Å². The highest BCUT2D eigenvalue weighted by Gasteiger charge is 2.19. The maximum atomic E-state index is 5.50. The van der Waals surface area contributed by atoms with Gasteiger partial charge in [0.1, 0.15) is 0 Å². The molecule has 0 N–H and O–H groups in total. The third-order valence-corrected chi connectivity index (χ3v) is 2.47. The van der Waals surface area contributed by atoms with Gasteiger partial charge in [0.15, 0.2) is 0 Å². The molecule has 0 aromatic heterocycles. The number of hydrogen-bond donors (Lipinski definition) is 0. The van der Waals surface area contributed by atoms with Crippen LogP contribution in [0.2, 0.25) is 0 Å². The van der Waals surface area contributed by atoms with Crippen molar-refractivity contribution in [3.63, 3.8) is 0 Å². The zero-order chi connectivity index (χ0) is 5.98. The molecule has 48 valence electrons. The summed E-state index contributed by atoms with van der Waals surface area (Å²) in [5.41, 5.74) is 0. The Balaban J connectivity index is 2.22. The summed E-state index contributed by atoms with van der Waals surface area (Å²) >= 11 is 2.37. The quantitative estimate of drug-likeness (QED) is 0.490. The zero-order valence-electron chi connectivity index (χ0n) is 5.06. The lowest BCUT2D eigenvalue weighted by molar-refractivity contribution is 0.0716. The summed E-state index contributed by atoms with van der Waals surface area (Å²) in [6.07, 6.45) is 3.61. The van der Waals surface area contributed by atoms with E-state index in [2.05, 4.69) is 29.5 Å². The highest BCUT2D eigenvalue weighted by atomic mass is 127. The monoisotopic (exact) mass is 226 g/mol. The molecule has 0 spiro atoms. The molecule has 8 heavy (non-hydrogen) atoms. The minimum absolute atomic E-state index is 0.523. The molecule has 0 aliphatic carbocycles. The summed E-state index contributed by atoms with van der Waals surface area (Å²) in [7, 11) is 0. The van der Waals surface area contributed by atoms with Crippen LogP contribution in [0.5, 0.6) is 0 Å². The Morgan fingerprint density at radius 2 is 2.38 bits per heavy atom. The van der Waals surface area contributed by atoms with Crippen LogP contribution in [0.1, 0.15) is 19.8 Å². The van der Waals surface area contributed by atoms with Crippen molar-refractivity contribution in [3.8, 4) is 0 Å². The fourth-order valence-electron chi connectivity index (χ4n) is 0.999. The van der Waals surface area contributed by atoms with Gasteiger partial charge in [0.2, 0.25) is 0 Å². The van der Waals surface area contributed by atoms with Gasteiger partial charge in [-0.2, -0.15) is 0 Å². The van der Waals surface area contributed by atoms with Crippen molar-refractivity contribution in [2.75, 3.05) is 4.43 Å². The molecule has 1 rings (SSSR count). The average molecular weight is 226 g/mol. The first-order valence-corrected chi connectivity index (χ1v) is 4.57. The van der Waals surface area contributed by atoms with Gasteiger partial charge < -0.3 is 4.74 Å². The summed E-state index contributed by atoms with van der Waals surface area (Å²) in [5, 5.41) is 0. The second kappa shape index (κ2) is 3.01. The SMILES string of the molecule is C[C@@H]1CC[C@H](CI)O1. The van der Waals surface area contributed by atoms with Gasteiger partial charge in [-0.15, -0.1) is 0 Å². The van der Waals surface area contributed by atoms with E-state index in [4.69, 9.17) is 4.74 Å². The molecular formula is C6H11IO. The number of rotatable bonds is 1. The van der Waals surface area contributed by atoms with Crippen LogP contribution in [0.4, 0.5) is 0 Å². The first-order chi connectivity index (χ1) is 3.83. The lowest BCUT2D eigenvalue weighted by Gasteiger charge is -2.04. The summed E-state index contributed by atoms with van der Waals surface area (Å²) in [4.78, 5) is 0. The Hall–Kier alpha value is 0.690. The Morgan fingerprint density at radius 1 is 1.62 bits per heavy atom. The smallest absolute Gasteiger partial charge is 0.0669 e. The second-order valence-electron chi connectivity index (χ2n) is 2.30. The zero-order valence-corrected chi connectivity index (χ0v) is 7.22. The van der Waals surface area contributed by atoms with E-state index in [1.165, 1.54) is 12.8 Å². The van der Waals surface area contributed by atoms with E-state index >= 15 is 0 Å². The molecule has 1 saturated heterocycles. The second-order valence-corrected chi connectivity index (χ2v) is 3.18. The van der Waals surface area contributed by atoms with Gasteiger partial charge in [0.05, 0.1) is 12.2 Å². The molecule has 0 bridgehead atoms. The normalized spacial score (nSPS) is 38.2. The van der Waals surface area contributed by atoms with Gasteiger partial charge in [-0.1, -0.05) is 22.6 Å². The predicted molar refractivity (Wildman–Crippen MR) is 42.5 cm³/mol. The van der Waals surface area contributed by atoms with Gasteiger partial charge in [0, 0.05) is 4.43 Å². The van der Waals surface area contributed by atoms with Crippen molar-refractivity contribution in [2.45, 2.75) is 32.0 Å². The molecule has 0 unspecified atom stereocenters. The molecule has 0 radical (unpaired) electrons. The van der Waals surface area contributed by atoms with Crippen molar-refractivity contribution < 1.29 is 4.74 Å². The summed E-state index contributed by atoms with van der Waals surface area (Å²) in [6.45, 7) is 2.15. The molecular weight excluding hydrogens is 215 g/mol. The molecule has 1 nitrogen and oxygen atoms in total. The maximum Gasteiger partial charge on any atom is 0.0669 e. The number of halogens is 1. The third-order valence-electron chi connectivity index (χ3n) is 1.49. The third kappa shape index (κ3) is 1.58. The van der Waals surface area contributed by atoms with Gasteiger partial charge in [-0.3, -0.25) is 0 Å². The molecule has 1 fully saturated rings. The van der Waals surface area contributed by atoms with Crippen LogP contribution in [-0.4, -0.2) is 16.6 Å². The summed E-state index contributed by atoms with van der Waals surface area (Å²) in [5.74, 6) is 0. The van der Waals surface area contributed by atoms with Crippen LogP contribution >= 0.6 is 22.6 Å². The lowest BCUT2D eigenvalue weighted by Crippen LogP contribution is -2.08. The molecule has 0 aromatic rings. The Morgan fingerprint density at radius 3 is 2.62 bits per heavy atom. The van der Waals surface area contributed by atoms with E-state index in [0.717, 1.165) is 4.43 Å². The molecule has 0 saturated carbocycles. The molecule has 0 aromatic carbocycles. The highest BCUT2D eigenvalue weighted by molar-refractivity contribution is 14.1. The van der Waals surface area contributed by atoms with Gasteiger partial charge in [-0.05, 0) is 19.8 Å². The summed E-state index contributed by atoms with van der Waals surface area (Å²) < 4.78 is 6.66. The van der Waals surface area contributed by atoms with Crippen molar-refractivity contribution in [1.82, 2.24) is 0 Å². The largest absolute Gasteiger partial charge is 0.374 e. The van der Waals surface area contributed by atoms with Crippen molar-refractivity contribution in [2.24, 2.45) is 0 Å². The number of hydrogen-bond acceptors (Lipinski definition) is 1. The minimum atomic E-state index is 0.523. The van der Waals surface area contributed by atoms with E-state index in [9.17, 15) is 0 Å². The van der Waals surface area contributed by atoms with Crippen LogP contribution in [-0.2, 0) is 4.74 Å². The van der Waals surface area contributed by atoms with Crippen LogP contribution in [0.3, 0.4) is 0 Å². The van der Waals surface area contributed by atoms with E-state index < -0.39 is 0 Å². The van der Waals surface area contributed by atoms with Crippen LogP contribution in [0.15, 0.2) is 0 Å². The first-order valence-electron chi connectivity index (χ1n) is 3.04. The molecule has 2 atom stereocenters. The van der Waals surface area contributed by atoms with E-state index in [1.807, 2.05) is 0 Å². The van der Waals surface area contributed by atoms with Crippen LogP contribution in [0, 0.1) is 0 Å². The fourth-order valence-corrected chi connectivity index (χ4v) is 1.65. The van der Waals surface area contributed by atoms with E-state index in [-0.39, 0.29) is 0 Å². The highest BCUT2D eigenvalue weighted by Crippen LogP contribution is 2.19. The molecule has 1 aliphatic rings. The van der Waals surface area contributed by atoms with Crippen molar-refractivity contribution >= 4 is 22.6 Å². The summed E-state index contributed by atoms with van der Waals surface area (Å²) in [6, 6.07) is 0. The van der Waals surface area contributed by atoms with Crippen LogP contribution < -0.4 is 0 Å². The average Bonchev–Trinajstić information content (AvgIpc) is 2.14. The number of alkyl halides is 1. The molecule has 1 aliphatic heterocycles.